The lowest BCUT2D eigenvalue weighted by atomic mass is 10.2. The number of fused-ring (bicyclic) bond motifs is 1. The van der Waals surface area contributed by atoms with Gasteiger partial charge in [0.2, 0.25) is 5.91 Å². The molecule has 0 saturated carbocycles. The summed E-state index contributed by atoms with van der Waals surface area (Å²) in [5, 5.41) is 12.4. The second-order valence-corrected chi connectivity index (χ2v) is 7.59. The van der Waals surface area contributed by atoms with Crippen molar-refractivity contribution in [2.75, 3.05) is 24.7 Å². The molecule has 0 saturated heterocycles. The molecule has 0 atom stereocenters. The van der Waals surface area contributed by atoms with Gasteiger partial charge in [-0.15, -0.1) is 10.2 Å². The third-order valence-electron chi connectivity index (χ3n) is 3.67. The average molecular weight is 410 g/mol. The number of anilines is 1. The van der Waals surface area contributed by atoms with Crippen molar-refractivity contribution in [3.8, 4) is 0 Å². The third-order valence-corrected chi connectivity index (χ3v) is 5.10. The fraction of sp³-hybridized carbons (Fsp3) is 0.235. The van der Waals surface area contributed by atoms with Gasteiger partial charge in [-0.25, -0.2) is 0 Å². The average Bonchev–Trinajstić information content (AvgIpc) is 3.01. The Labute approximate surface area is 165 Å². The Morgan fingerprint density at radius 2 is 1.96 bits per heavy atom. The number of rotatable bonds is 6. The van der Waals surface area contributed by atoms with Gasteiger partial charge in [-0.05, 0) is 23.8 Å². The van der Waals surface area contributed by atoms with Gasteiger partial charge in [0.15, 0.2) is 10.8 Å². The van der Waals surface area contributed by atoms with Gasteiger partial charge in [-0.1, -0.05) is 47.1 Å². The molecule has 2 heterocycles. The number of pyridine rings is 1. The molecule has 0 bridgehead atoms. The molecule has 3 rings (SSSR count). The number of carbonyl (C=O) groups excluding carboxylic acids is 1. The lowest BCUT2D eigenvalue weighted by Gasteiger charge is -2.12. The van der Waals surface area contributed by atoms with Gasteiger partial charge in [0.25, 0.3) is 0 Å². The van der Waals surface area contributed by atoms with Gasteiger partial charge in [-0.2, -0.15) is 0 Å². The number of nitrogens with one attached hydrogen (secondary N) is 1. The number of aromatic nitrogens is 3. The van der Waals surface area contributed by atoms with Crippen LogP contribution in [0.3, 0.4) is 0 Å². The van der Waals surface area contributed by atoms with Crippen molar-refractivity contribution in [3.05, 3.63) is 52.1 Å². The minimum Gasteiger partial charge on any atom is -0.378 e. The van der Waals surface area contributed by atoms with E-state index in [-0.39, 0.29) is 11.7 Å². The molecule has 0 aliphatic carbocycles. The molecule has 0 spiro atoms. The first-order chi connectivity index (χ1) is 12.4. The van der Waals surface area contributed by atoms with Crippen molar-refractivity contribution in [2.24, 2.45) is 0 Å². The summed E-state index contributed by atoms with van der Waals surface area (Å²) in [4.78, 5) is 14.1. The molecule has 0 unspecified atom stereocenters. The van der Waals surface area contributed by atoms with Gasteiger partial charge in [0.1, 0.15) is 0 Å². The third kappa shape index (κ3) is 4.41. The van der Waals surface area contributed by atoms with Crippen molar-refractivity contribution in [2.45, 2.75) is 11.7 Å². The van der Waals surface area contributed by atoms with Gasteiger partial charge >= 0.3 is 0 Å². The Morgan fingerprint density at radius 3 is 2.65 bits per heavy atom. The minimum atomic E-state index is -0.0865. The number of nitrogens with zero attached hydrogens (tertiary/aromatic N) is 4. The molecule has 136 valence electrons. The molecule has 1 amide bonds. The Kier molecular flexibility index (Phi) is 5.90. The zero-order valence-corrected chi connectivity index (χ0v) is 16.6. The van der Waals surface area contributed by atoms with Crippen LogP contribution in [0.5, 0.6) is 0 Å². The summed E-state index contributed by atoms with van der Waals surface area (Å²) >= 11 is 13.4. The van der Waals surface area contributed by atoms with Crippen LogP contribution in [-0.2, 0) is 11.3 Å². The molecule has 2 aromatic heterocycles. The Balaban J connectivity index is 1.56. The van der Waals surface area contributed by atoms with Crippen LogP contribution in [0.25, 0.3) is 5.65 Å². The smallest absolute Gasteiger partial charge is 0.230 e. The maximum Gasteiger partial charge on any atom is 0.230 e. The van der Waals surface area contributed by atoms with Crippen LogP contribution in [-0.4, -0.2) is 40.4 Å². The monoisotopic (exact) mass is 409 g/mol. The fourth-order valence-corrected chi connectivity index (χ4v) is 3.54. The van der Waals surface area contributed by atoms with E-state index in [2.05, 4.69) is 15.5 Å². The van der Waals surface area contributed by atoms with E-state index in [1.807, 2.05) is 43.3 Å². The Hall–Kier alpha value is -1.96. The van der Waals surface area contributed by atoms with Crippen LogP contribution in [0.15, 0.2) is 41.7 Å². The summed E-state index contributed by atoms with van der Waals surface area (Å²) < 4.78 is 1.68. The molecule has 9 heteroatoms. The Morgan fingerprint density at radius 1 is 1.23 bits per heavy atom. The maximum atomic E-state index is 12.1. The standard InChI is InChI=1S/C17H17Cl2N5OS/c1-23(2)13-5-3-11(4-6-13)8-20-15(25)10-26-17-22-21-16-14(19)7-12(18)9-24(16)17/h3-7,9H,8,10H2,1-2H3,(H,20,25). The van der Waals surface area contributed by atoms with E-state index < -0.39 is 0 Å². The molecular weight excluding hydrogens is 393 g/mol. The zero-order valence-electron chi connectivity index (χ0n) is 14.2. The second kappa shape index (κ2) is 8.16. The SMILES string of the molecule is CN(C)c1ccc(CNC(=O)CSc2nnc3c(Cl)cc(Cl)cn23)cc1. The molecule has 0 fully saturated rings. The summed E-state index contributed by atoms with van der Waals surface area (Å²) in [6.07, 6.45) is 1.68. The van der Waals surface area contributed by atoms with Crippen LogP contribution in [0.1, 0.15) is 5.56 Å². The first-order valence-electron chi connectivity index (χ1n) is 7.79. The lowest BCUT2D eigenvalue weighted by molar-refractivity contribution is -0.118. The molecule has 3 aromatic rings. The molecule has 1 aromatic carbocycles. The minimum absolute atomic E-state index is 0.0865. The van der Waals surface area contributed by atoms with Crippen molar-refractivity contribution >= 4 is 52.2 Å². The van der Waals surface area contributed by atoms with E-state index in [0.29, 0.717) is 27.4 Å². The van der Waals surface area contributed by atoms with Crippen LogP contribution in [0, 0.1) is 0 Å². The maximum absolute atomic E-state index is 12.1. The van der Waals surface area contributed by atoms with E-state index in [0.717, 1.165) is 11.3 Å². The fourth-order valence-electron chi connectivity index (χ4n) is 2.29. The lowest BCUT2D eigenvalue weighted by Crippen LogP contribution is -2.24. The van der Waals surface area contributed by atoms with Gasteiger partial charge in [0, 0.05) is 32.5 Å². The molecular formula is C17H17Cl2N5OS. The first kappa shape index (κ1) is 18.8. The summed E-state index contributed by atoms with van der Waals surface area (Å²) in [7, 11) is 3.98. The summed E-state index contributed by atoms with van der Waals surface area (Å²) in [5.41, 5.74) is 2.67. The Bertz CT molecular complexity index is 927. The number of hydrogen-bond acceptors (Lipinski definition) is 5. The normalized spacial score (nSPS) is 10.9. The van der Waals surface area contributed by atoms with Gasteiger partial charge in [-0.3, -0.25) is 9.20 Å². The van der Waals surface area contributed by atoms with Crippen LogP contribution in [0.4, 0.5) is 5.69 Å². The molecule has 1 N–H and O–H groups in total. The molecule has 0 aliphatic rings. The summed E-state index contributed by atoms with van der Waals surface area (Å²) in [5.74, 6) is 0.136. The zero-order chi connectivity index (χ0) is 18.7. The topological polar surface area (TPSA) is 62.5 Å². The van der Waals surface area contributed by atoms with Crippen molar-refractivity contribution in [3.63, 3.8) is 0 Å². The quantitative estimate of drug-likeness (QED) is 0.631. The largest absolute Gasteiger partial charge is 0.378 e. The number of carbonyl (C=O) groups is 1. The highest BCUT2D eigenvalue weighted by Crippen LogP contribution is 2.25. The van der Waals surface area contributed by atoms with Crippen molar-refractivity contribution in [1.29, 1.82) is 0 Å². The summed E-state index contributed by atoms with van der Waals surface area (Å²) in [6, 6.07) is 9.64. The van der Waals surface area contributed by atoms with E-state index in [4.69, 9.17) is 23.2 Å². The van der Waals surface area contributed by atoms with Gasteiger partial charge < -0.3 is 10.2 Å². The molecule has 26 heavy (non-hydrogen) atoms. The highest BCUT2D eigenvalue weighted by Gasteiger charge is 2.12. The number of halogens is 2. The molecule has 0 radical (unpaired) electrons. The number of thioether (sulfide) groups is 1. The highest BCUT2D eigenvalue weighted by atomic mass is 35.5. The van der Waals surface area contributed by atoms with Crippen molar-refractivity contribution < 1.29 is 4.79 Å². The number of amides is 1. The van der Waals surface area contributed by atoms with E-state index in [9.17, 15) is 4.79 Å². The van der Waals surface area contributed by atoms with Crippen LogP contribution in [0.2, 0.25) is 10.0 Å². The highest BCUT2D eigenvalue weighted by molar-refractivity contribution is 7.99. The van der Waals surface area contributed by atoms with Crippen LogP contribution < -0.4 is 10.2 Å². The van der Waals surface area contributed by atoms with E-state index >= 15 is 0 Å². The number of hydrogen-bond donors (Lipinski definition) is 1. The number of benzene rings is 1. The van der Waals surface area contributed by atoms with Crippen LogP contribution >= 0.6 is 35.0 Å². The predicted octanol–water partition coefficient (Wildman–Crippen LogP) is 3.51. The first-order valence-corrected chi connectivity index (χ1v) is 9.54. The van der Waals surface area contributed by atoms with Crippen molar-refractivity contribution in [1.82, 2.24) is 19.9 Å². The summed E-state index contributed by atoms with van der Waals surface area (Å²) in [6.45, 7) is 0.478. The molecule has 6 nitrogen and oxygen atoms in total. The second-order valence-electron chi connectivity index (χ2n) is 5.81. The molecule has 0 aliphatic heterocycles. The van der Waals surface area contributed by atoms with E-state index in [1.54, 1.807) is 16.7 Å². The van der Waals surface area contributed by atoms with Gasteiger partial charge in [0.05, 0.1) is 15.8 Å². The predicted molar refractivity (Wildman–Crippen MR) is 106 cm³/mol. The van der Waals surface area contributed by atoms with E-state index in [1.165, 1.54) is 11.8 Å².